The molecule has 0 aromatic heterocycles. The van der Waals surface area contributed by atoms with E-state index in [9.17, 15) is 19.5 Å². The lowest BCUT2D eigenvalue weighted by atomic mass is 9.49. The number of allylic oxidation sites excluding steroid dienone is 2. The van der Waals surface area contributed by atoms with Crippen molar-refractivity contribution in [2.24, 2.45) is 23.7 Å². The van der Waals surface area contributed by atoms with Crippen LogP contribution in [-0.2, 0) is 24.6 Å². The van der Waals surface area contributed by atoms with Gasteiger partial charge in [0.15, 0.2) is 0 Å². The third-order valence-corrected chi connectivity index (χ3v) is 10.6. The van der Waals surface area contributed by atoms with Gasteiger partial charge in [-0.05, 0) is 49.4 Å². The smallest absolute Gasteiger partial charge is 0.246 e. The number of ether oxygens (including phenoxy) is 2. The fourth-order valence-corrected chi connectivity index (χ4v) is 8.78. The molecule has 0 bridgehead atoms. The van der Waals surface area contributed by atoms with Crippen LogP contribution in [0.5, 0.6) is 17.2 Å². The number of methoxy groups -OCH3 is 2. The van der Waals surface area contributed by atoms with Gasteiger partial charge in [0.1, 0.15) is 17.2 Å². The standard InChI is InChI=1S/C36H33ClN2O7/c1-4-38-32(41)24-14-13-23-25(29(24)34(38)43)18-26-33(42)39(21-12-8-11-20(37)15-21)35(44)36(26,19-9-6-5-7-10-19)31(23)30-27(40)16-22(45-2)17-28(30)46-3/h5-13,15-17,24-26,29,31,40H,4,14,18H2,1-3H3/t24-,25+,26-,29-,31+,36+/m0/s1. The SMILES string of the molecule is CCN1C(=O)[C@H]2[C@H](CC=C3[C@H]2C[C@H]2C(=O)N(c4cccc(Cl)c4)C(=O)[C@@]2(c2ccccc2)[C@H]3c2c(O)cc(OC)cc2OC)C1=O. The second-order valence-electron chi connectivity index (χ2n) is 12.3. The Hall–Kier alpha value is -4.63. The van der Waals surface area contributed by atoms with E-state index in [1.807, 2.05) is 36.4 Å². The van der Waals surface area contributed by atoms with Gasteiger partial charge in [0.25, 0.3) is 0 Å². The molecule has 1 N–H and O–H groups in total. The molecule has 2 aliphatic carbocycles. The molecule has 6 atom stereocenters. The number of fused-ring (bicyclic) bond motifs is 4. The number of carbonyl (C=O) groups excluding carboxylic acids is 4. The van der Waals surface area contributed by atoms with Crippen LogP contribution in [0, 0.1) is 23.7 Å². The average Bonchev–Trinajstić information content (AvgIpc) is 3.45. The first kappa shape index (κ1) is 30.0. The van der Waals surface area contributed by atoms with E-state index in [0.29, 0.717) is 34.0 Å². The number of hydrogen-bond donors (Lipinski definition) is 1. The van der Waals surface area contributed by atoms with Crippen molar-refractivity contribution in [3.63, 3.8) is 0 Å². The number of imide groups is 2. The third kappa shape index (κ3) is 4.00. The zero-order valence-corrected chi connectivity index (χ0v) is 26.4. The maximum atomic E-state index is 15.3. The summed E-state index contributed by atoms with van der Waals surface area (Å²) in [5.41, 5.74) is 0.426. The molecule has 46 heavy (non-hydrogen) atoms. The summed E-state index contributed by atoms with van der Waals surface area (Å²) in [6, 6.07) is 18.8. The number of amides is 4. The Labute approximate surface area is 271 Å². The number of aromatic hydroxyl groups is 1. The van der Waals surface area contributed by atoms with E-state index in [1.54, 1.807) is 37.3 Å². The highest BCUT2D eigenvalue weighted by Crippen LogP contribution is 2.66. The van der Waals surface area contributed by atoms with Gasteiger partial charge < -0.3 is 14.6 Å². The maximum absolute atomic E-state index is 15.3. The van der Waals surface area contributed by atoms with Crippen LogP contribution in [0.15, 0.2) is 78.4 Å². The second kappa shape index (κ2) is 11.0. The molecular weight excluding hydrogens is 608 g/mol. The molecule has 3 aromatic carbocycles. The van der Waals surface area contributed by atoms with Gasteiger partial charge in [-0.25, -0.2) is 4.90 Å². The Bertz CT molecular complexity index is 1820. The molecule has 2 heterocycles. The number of likely N-dealkylation sites (tertiary alicyclic amines) is 1. The van der Waals surface area contributed by atoms with Gasteiger partial charge in [-0.3, -0.25) is 24.1 Å². The number of anilines is 1. The summed E-state index contributed by atoms with van der Waals surface area (Å²) in [7, 11) is 2.94. The molecule has 9 nitrogen and oxygen atoms in total. The molecular formula is C36H33ClN2O7. The van der Waals surface area contributed by atoms with Crippen molar-refractivity contribution in [3.8, 4) is 17.2 Å². The Morgan fingerprint density at radius 1 is 0.913 bits per heavy atom. The van der Waals surface area contributed by atoms with Gasteiger partial charge in [-0.1, -0.05) is 59.6 Å². The first-order valence-corrected chi connectivity index (χ1v) is 15.8. The molecule has 2 saturated heterocycles. The fraction of sp³-hybridized carbons (Fsp3) is 0.333. The van der Waals surface area contributed by atoms with E-state index < -0.39 is 46.8 Å². The predicted molar refractivity (Wildman–Crippen MR) is 170 cm³/mol. The van der Waals surface area contributed by atoms with Crippen molar-refractivity contribution >= 4 is 40.9 Å². The van der Waals surface area contributed by atoms with Crippen LogP contribution in [-0.4, -0.2) is 54.4 Å². The number of phenols is 1. The van der Waals surface area contributed by atoms with Gasteiger partial charge in [0, 0.05) is 35.2 Å². The normalized spacial score (nSPS) is 28.5. The maximum Gasteiger partial charge on any atom is 0.246 e. The largest absolute Gasteiger partial charge is 0.507 e. The summed E-state index contributed by atoms with van der Waals surface area (Å²) in [4.78, 5) is 59.8. The minimum Gasteiger partial charge on any atom is -0.507 e. The van der Waals surface area contributed by atoms with Gasteiger partial charge in [0.2, 0.25) is 23.6 Å². The van der Waals surface area contributed by atoms with Crippen LogP contribution in [0.1, 0.15) is 36.8 Å². The number of benzene rings is 3. The monoisotopic (exact) mass is 640 g/mol. The van der Waals surface area contributed by atoms with Crippen LogP contribution in [0.3, 0.4) is 0 Å². The van der Waals surface area contributed by atoms with E-state index in [1.165, 1.54) is 30.1 Å². The molecule has 10 heteroatoms. The van der Waals surface area contributed by atoms with Crippen LogP contribution in [0.4, 0.5) is 5.69 Å². The Morgan fingerprint density at radius 3 is 2.35 bits per heavy atom. The molecule has 4 amide bonds. The lowest BCUT2D eigenvalue weighted by Gasteiger charge is -2.51. The quantitative estimate of drug-likeness (QED) is 0.289. The molecule has 1 saturated carbocycles. The number of carbonyl (C=O) groups is 4. The van der Waals surface area contributed by atoms with Crippen molar-refractivity contribution in [2.45, 2.75) is 31.1 Å². The van der Waals surface area contributed by atoms with Crippen molar-refractivity contribution in [1.82, 2.24) is 4.90 Å². The van der Waals surface area contributed by atoms with Crippen LogP contribution < -0.4 is 14.4 Å². The summed E-state index contributed by atoms with van der Waals surface area (Å²) in [5.74, 6) is -4.63. The summed E-state index contributed by atoms with van der Waals surface area (Å²) in [6.45, 7) is 2.02. The number of phenolic OH excluding ortho intramolecular Hbond substituents is 1. The van der Waals surface area contributed by atoms with Crippen molar-refractivity contribution in [1.29, 1.82) is 0 Å². The molecule has 3 aromatic rings. The van der Waals surface area contributed by atoms with Gasteiger partial charge in [-0.15, -0.1) is 0 Å². The van der Waals surface area contributed by atoms with Gasteiger partial charge >= 0.3 is 0 Å². The average molecular weight is 641 g/mol. The van der Waals surface area contributed by atoms with Crippen molar-refractivity contribution < 1.29 is 33.8 Å². The predicted octanol–water partition coefficient (Wildman–Crippen LogP) is 5.25. The summed E-state index contributed by atoms with van der Waals surface area (Å²) >= 11 is 6.36. The highest BCUT2D eigenvalue weighted by molar-refractivity contribution is 6.32. The molecule has 7 rings (SSSR count). The molecule has 3 fully saturated rings. The molecule has 0 unspecified atom stereocenters. The zero-order valence-electron chi connectivity index (χ0n) is 25.6. The van der Waals surface area contributed by atoms with Crippen molar-refractivity contribution in [2.75, 3.05) is 25.7 Å². The summed E-state index contributed by atoms with van der Waals surface area (Å²) < 4.78 is 11.3. The lowest BCUT2D eigenvalue weighted by Crippen LogP contribution is -2.53. The van der Waals surface area contributed by atoms with E-state index in [0.717, 1.165) is 5.57 Å². The second-order valence-corrected chi connectivity index (χ2v) is 12.7. The number of rotatable bonds is 6. The first-order valence-electron chi connectivity index (χ1n) is 15.4. The molecule has 236 valence electrons. The summed E-state index contributed by atoms with van der Waals surface area (Å²) in [5, 5.41) is 12.1. The topological polar surface area (TPSA) is 113 Å². The van der Waals surface area contributed by atoms with Crippen LogP contribution in [0.2, 0.25) is 5.02 Å². The Kier molecular flexibility index (Phi) is 7.20. The van der Waals surface area contributed by atoms with E-state index in [2.05, 4.69) is 0 Å². The summed E-state index contributed by atoms with van der Waals surface area (Å²) in [6.07, 6.45) is 2.41. The number of hydrogen-bond acceptors (Lipinski definition) is 7. The molecule has 0 spiro atoms. The third-order valence-electron chi connectivity index (χ3n) is 10.4. The van der Waals surface area contributed by atoms with E-state index in [4.69, 9.17) is 21.1 Å². The Morgan fingerprint density at radius 2 is 1.67 bits per heavy atom. The van der Waals surface area contributed by atoms with Crippen LogP contribution in [0.25, 0.3) is 0 Å². The van der Waals surface area contributed by atoms with Crippen LogP contribution >= 0.6 is 11.6 Å². The van der Waals surface area contributed by atoms with Crippen molar-refractivity contribution in [3.05, 3.63) is 94.5 Å². The molecule has 4 aliphatic rings. The van der Waals surface area contributed by atoms with Gasteiger partial charge in [-0.2, -0.15) is 0 Å². The highest BCUT2D eigenvalue weighted by atomic mass is 35.5. The highest BCUT2D eigenvalue weighted by Gasteiger charge is 2.70. The lowest BCUT2D eigenvalue weighted by molar-refractivity contribution is -0.140. The van der Waals surface area contributed by atoms with E-state index in [-0.39, 0.29) is 36.3 Å². The zero-order chi connectivity index (χ0) is 32.5. The minimum absolute atomic E-state index is 0.163. The number of halogens is 1. The fourth-order valence-electron chi connectivity index (χ4n) is 8.60. The molecule has 0 radical (unpaired) electrons. The Balaban J connectivity index is 1.55. The number of nitrogens with zero attached hydrogens (tertiary/aromatic N) is 2. The molecule has 2 aliphatic heterocycles. The first-order chi connectivity index (χ1) is 22.2. The van der Waals surface area contributed by atoms with E-state index >= 15 is 4.79 Å². The van der Waals surface area contributed by atoms with Gasteiger partial charge in [0.05, 0.1) is 43.1 Å². The minimum atomic E-state index is -1.54.